The van der Waals surface area contributed by atoms with E-state index in [0.717, 1.165) is 22.4 Å². The summed E-state index contributed by atoms with van der Waals surface area (Å²) >= 11 is 0. The highest BCUT2D eigenvalue weighted by atomic mass is 31.0. The number of allylic oxidation sites excluding steroid dienone is 6. The monoisotopic (exact) mass is 315 g/mol. The van der Waals surface area contributed by atoms with Crippen molar-refractivity contribution in [3.05, 3.63) is 59.7 Å². The van der Waals surface area contributed by atoms with Crippen LogP contribution in [0.1, 0.15) is 52.9 Å². The maximum Gasteiger partial charge on any atom is 0.0440 e. The van der Waals surface area contributed by atoms with Gasteiger partial charge in [-0.15, -0.1) is 9.24 Å². The van der Waals surface area contributed by atoms with Crippen LogP contribution in [0.25, 0.3) is 0 Å². The standard InChI is InChI=1S/C20H30NP/c1-6-18-14-21(13-16(4)12-19(22)17(18)5)20(9-7-10-20)11-8-15(2)3/h6,12-15H,1,5,7-11,22H2,2-4H3/b16-13-,18-14-,19-12-. The van der Waals surface area contributed by atoms with Crippen LogP contribution in [-0.4, -0.2) is 10.4 Å². The van der Waals surface area contributed by atoms with Gasteiger partial charge in [-0.05, 0) is 67.0 Å². The lowest BCUT2D eigenvalue weighted by Crippen LogP contribution is -2.49. The Kier molecular flexibility index (Phi) is 5.50. The van der Waals surface area contributed by atoms with Crippen molar-refractivity contribution in [3.63, 3.8) is 0 Å². The molecule has 0 aromatic carbocycles. The third-order valence-electron chi connectivity index (χ3n) is 4.94. The second kappa shape index (κ2) is 7.01. The molecule has 0 spiro atoms. The largest absolute Gasteiger partial charge is 0.347 e. The van der Waals surface area contributed by atoms with Gasteiger partial charge in [0.15, 0.2) is 0 Å². The molecular weight excluding hydrogens is 285 g/mol. The van der Waals surface area contributed by atoms with Crippen LogP contribution in [0.5, 0.6) is 0 Å². The highest BCUT2D eigenvalue weighted by Crippen LogP contribution is 2.44. The molecule has 2 aliphatic rings. The zero-order chi connectivity index (χ0) is 16.3. The first-order chi connectivity index (χ1) is 10.4. The van der Waals surface area contributed by atoms with Gasteiger partial charge in [0.25, 0.3) is 0 Å². The molecule has 120 valence electrons. The van der Waals surface area contributed by atoms with E-state index in [1.54, 1.807) is 0 Å². The van der Waals surface area contributed by atoms with Crippen LogP contribution in [0.15, 0.2) is 59.7 Å². The molecule has 0 radical (unpaired) electrons. The Hall–Kier alpha value is -1.07. The average Bonchev–Trinajstić information content (AvgIpc) is 2.40. The van der Waals surface area contributed by atoms with Crippen molar-refractivity contribution < 1.29 is 0 Å². The van der Waals surface area contributed by atoms with Crippen molar-refractivity contribution in [2.45, 2.75) is 58.4 Å². The summed E-state index contributed by atoms with van der Waals surface area (Å²) in [6.07, 6.45) is 15.1. The van der Waals surface area contributed by atoms with E-state index in [2.05, 4.69) is 66.5 Å². The zero-order valence-corrected chi connectivity index (χ0v) is 15.5. The predicted molar refractivity (Wildman–Crippen MR) is 101 cm³/mol. The lowest BCUT2D eigenvalue weighted by atomic mass is 9.71. The van der Waals surface area contributed by atoms with Gasteiger partial charge < -0.3 is 4.90 Å². The quantitative estimate of drug-likeness (QED) is 0.567. The van der Waals surface area contributed by atoms with E-state index in [-0.39, 0.29) is 0 Å². The molecule has 0 aromatic rings. The second-order valence-electron chi connectivity index (χ2n) is 7.16. The molecule has 1 nitrogen and oxygen atoms in total. The normalized spacial score (nSPS) is 28.5. The molecule has 0 N–H and O–H groups in total. The van der Waals surface area contributed by atoms with E-state index in [0.29, 0.717) is 5.54 Å². The van der Waals surface area contributed by atoms with Gasteiger partial charge in [0.2, 0.25) is 0 Å². The fourth-order valence-electron chi connectivity index (χ4n) is 3.25. The summed E-state index contributed by atoms with van der Waals surface area (Å²) < 4.78 is 0. The Balaban J connectivity index is 2.38. The van der Waals surface area contributed by atoms with Gasteiger partial charge in [-0.2, -0.15) is 0 Å². The van der Waals surface area contributed by atoms with Gasteiger partial charge in [0, 0.05) is 17.9 Å². The maximum absolute atomic E-state index is 4.24. The van der Waals surface area contributed by atoms with Crippen LogP contribution in [0, 0.1) is 5.92 Å². The summed E-state index contributed by atoms with van der Waals surface area (Å²) in [5.74, 6) is 0.758. The number of nitrogens with zero attached hydrogens (tertiary/aromatic N) is 1. The fraction of sp³-hybridized carbons (Fsp3) is 0.500. The predicted octanol–water partition coefficient (Wildman–Crippen LogP) is 5.95. The topological polar surface area (TPSA) is 3.24 Å². The number of hydrogen-bond donors (Lipinski definition) is 0. The molecule has 0 saturated heterocycles. The SMILES string of the molecule is C=C/C1=C/N(C2(CCC(C)C)CCC2)/C=C(C)\C=C(/P)C1=C. The summed E-state index contributed by atoms with van der Waals surface area (Å²) in [6, 6.07) is 0. The molecule has 1 fully saturated rings. The Labute approximate surface area is 138 Å². The Morgan fingerprint density at radius 3 is 2.55 bits per heavy atom. The maximum atomic E-state index is 4.24. The van der Waals surface area contributed by atoms with Crippen molar-refractivity contribution in [2.75, 3.05) is 0 Å². The second-order valence-corrected chi connectivity index (χ2v) is 7.78. The zero-order valence-electron chi connectivity index (χ0n) is 14.4. The summed E-state index contributed by atoms with van der Waals surface area (Å²) in [5, 5.41) is 1.14. The third kappa shape index (κ3) is 3.63. The molecule has 2 heteroatoms. The van der Waals surface area contributed by atoms with Crippen LogP contribution in [0.3, 0.4) is 0 Å². The lowest BCUT2D eigenvalue weighted by molar-refractivity contribution is 0.0774. The van der Waals surface area contributed by atoms with Crippen molar-refractivity contribution >= 4 is 9.24 Å². The van der Waals surface area contributed by atoms with E-state index >= 15 is 0 Å². The van der Waals surface area contributed by atoms with Gasteiger partial charge in [-0.1, -0.05) is 39.2 Å². The van der Waals surface area contributed by atoms with Crippen molar-refractivity contribution in [1.29, 1.82) is 0 Å². The van der Waals surface area contributed by atoms with Gasteiger partial charge in [-0.3, -0.25) is 0 Å². The van der Waals surface area contributed by atoms with E-state index < -0.39 is 0 Å². The molecule has 1 aliphatic heterocycles. The highest BCUT2D eigenvalue weighted by Gasteiger charge is 2.40. The van der Waals surface area contributed by atoms with Gasteiger partial charge in [0.1, 0.15) is 0 Å². The molecule has 0 bridgehead atoms. The van der Waals surface area contributed by atoms with Crippen LogP contribution >= 0.6 is 9.24 Å². The van der Waals surface area contributed by atoms with E-state index in [1.807, 2.05) is 6.08 Å². The first-order valence-electron chi connectivity index (χ1n) is 8.36. The minimum Gasteiger partial charge on any atom is -0.347 e. The molecule has 1 unspecified atom stereocenters. The molecule has 0 amide bonds. The Morgan fingerprint density at radius 1 is 1.36 bits per heavy atom. The smallest absolute Gasteiger partial charge is 0.0440 e. The molecule has 2 rings (SSSR count). The highest BCUT2D eigenvalue weighted by molar-refractivity contribution is 7.23. The molecule has 22 heavy (non-hydrogen) atoms. The van der Waals surface area contributed by atoms with Crippen LogP contribution < -0.4 is 0 Å². The summed E-state index contributed by atoms with van der Waals surface area (Å²) in [6.45, 7) is 15.0. The first kappa shape index (κ1) is 17.3. The molecular formula is C20H30NP. The van der Waals surface area contributed by atoms with E-state index in [1.165, 1.54) is 37.7 Å². The van der Waals surface area contributed by atoms with Crippen molar-refractivity contribution in [1.82, 2.24) is 4.90 Å². The average molecular weight is 315 g/mol. The molecule has 1 aliphatic carbocycles. The van der Waals surface area contributed by atoms with Gasteiger partial charge in [0.05, 0.1) is 0 Å². The minimum absolute atomic E-state index is 0.298. The van der Waals surface area contributed by atoms with E-state index in [9.17, 15) is 0 Å². The fourth-order valence-corrected chi connectivity index (χ4v) is 3.68. The Bertz CT molecular complexity index is 544. The third-order valence-corrected chi connectivity index (χ3v) is 5.46. The molecule has 0 aromatic heterocycles. The summed E-state index contributed by atoms with van der Waals surface area (Å²) in [5.41, 5.74) is 3.75. The van der Waals surface area contributed by atoms with Crippen molar-refractivity contribution in [3.8, 4) is 0 Å². The van der Waals surface area contributed by atoms with Crippen LogP contribution in [0.2, 0.25) is 0 Å². The Morgan fingerprint density at radius 2 is 2.05 bits per heavy atom. The molecule has 1 heterocycles. The lowest BCUT2D eigenvalue weighted by Gasteiger charge is -2.50. The minimum atomic E-state index is 0.298. The van der Waals surface area contributed by atoms with Gasteiger partial charge in [-0.25, -0.2) is 0 Å². The summed E-state index contributed by atoms with van der Waals surface area (Å²) in [4.78, 5) is 2.46. The van der Waals surface area contributed by atoms with Gasteiger partial charge >= 0.3 is 0 Å². The van der Waals surface area contributed by atoms with E-state index in [4.69, 9.17) is 0 Å². The molecule has 1 saturated carbocycles. The number of hydrogen-bond acceptors (Lipinski definition) is 1. The first-order valence-corrected chi connectivity index (χ1v) is 8.93. The number of rotatable bonds is 5. The summed E-state index contributed by atoms with van der Waals surface area (Å²) in [7, 11) is 2.79. The van der Waals surface area contributed by atoms with Crippen LogP contribution in [0.4, 0.5) is 0 Å². The van der Waals surface area contributed by atoms with Crippen LogP contribution in [-0.2, 0) is 0 Å². The van der Waals surface area contributed by atoms with Crippen molar-refractivity contribution in [2.24, 2.45) is 5.92 Å². The molecule has 1 atom stereocenters.